The third-order valence-electron chi connectivity index (χ3n) is 16.9. The molecule has 0 aliphatic rings. The van der Waals surface area contributed by atoms with Gasteiger partial charge in [0.15, 0.2) is 10.3 Å². The lowest BCUT2D eigenvalue weighted by atomic mass is 9.90. The predicted molar refractivity (Wildman–Crippen MR) is 429 cm³/mol. The molecule has 0 aliphatic heterocycles. The lowest BCUT2D eigenvalue weighted by molar-refractivity contribution is -0.119. The van der Waals surface area contributed by atoms with Crippen molar-refractivity contribution in [3.8, 4) is 11.1 Å². The summed E-state index contributed by atoms with van der Waals surface area (Å²) < 4.78 is 11.3. The van der Waals surface area contributed by atoms with Crippen molar-refractivity contribution >= 4 is 158 Å². The van der Waals surface area contributed by atoms with E-state index in [0.717, 1.165) is 84.2 Å². The van der Waals surface area contributed by atoms with Crippen LogP contribution in [0.15, 0.2) is 180 Å². The van der Waals surface area contributed by atoms with Crippen molar-refractivity contribution < 1.29 is 37.6 Å². The maximum atomic E-state index is 14.0. The van der Waals surface area contributed by atoms with Crippen molar-refractivity contribution in [2.24, 2.45) is 5.92 Å². The zero-order valence-corrected chi connectivity index (χ0v) is 63.4. The molecule has 0 aliphatic carbocycles. The summed E-state index contributed by atoms with van der Waals surface area (Å²) in [7, 11) is 0. The van der Waals surface area contributed by atoms with Crippen LogP contribution in [-0.2, 0) is 86.6 Å². The van der Waals surface area contributed by atoms with E-state index in [1.54, 1.807) is 55.6 Å². The molecule has 111 heavy (non-hydrogen) atoms. The molecule has 8 heterocycles. The molecule has 12 rings (SSSR count). The number of aryl methyl sites for hydroxylation is 3. The van der Waals surface area contributed by atoms with E-state index in [1.807, 2.05) is 115 Å². The molecule has 2 atom stereocenters. The number of benzene rings is 4. The number of pyridine rings is 4. The maximum Gasteiger partial charge on any atom is 0.322 e. The van der Waals surface area contributed by atoms with Gasteiger partial charge in [0.2, 0.25) is 57.5 Å². The Bertz CT molecular complexity index is 5320. The van der Waals surface area contributed by atoms with Gasteiger partial charge in [-0.3, -0.25) is 81.0 Å². The number of nitrogens with zero attached hydrogens (tertiary/aromatic N) is 12. The molecule has 8 aromatic heterocycles. The van der Waals surface area contributed by atoms with Gasteiger partial charge in [-0.1, -0.05) is 130 Å². The molecule has 35 heteroatoms. The number of rotatable bonds is 34. The van der Waals surface area contributed by atoms with Crippen LogP contribution >= 0.6 is 58.0 Å². The molecule has 0 saturated carbocycles. The molecule has 0 fully saturated rings. The number of unbranched alkanes of at least 4 members (excludes halogenated alkanes) is 1. The van der Waals surface area contributed by atoms with Crippen LogP contribution in [0.2, 0.25) is 0 Å². The van der Waals surface area contributed by atoms with Gasteiger partial charge in [-0.05, 0) is 135 Å². The summed E-state index contributed by atoms with van der Waals surface area (Å²) in [5, 5.41) is 91.1. The summed E-state index contributed by atoms with van der Waals surface area (Å²) >= 11 is 5.50. The number of amides is 6. The Balaban J connectivity index is 0.682. The molecule has 4 aromatic carbocycles. The Morgan fingerprint density at radius 1 is 0.450 bits per heavy atom. The van der Waals surface area contributed by atoms with E-state index < -0.39 is 29.6 Å². The molecule has 10 N–H and O–H groups in total. The minimum Gasteiger partial charge on any atom is -0.408 e. The van der Waals surface area contributed by atoms with E-state index in [9.17, 15) is 34.2 Å². The fourth-order valence-corrected chi connectivity index (χ4v) is 16.4. The summed E-state index contributed by atoms with van der Waals surface area (Å²) in [5.74, 6) is -1.96. The Morgan fingerprint density at radius 2 is 1.01 bits per heavy atom. The standard InChI is InChI=1S/C76H72N22O8S5/c77-59(108-71(79)85-64(103)37-50-16-7-18-52-41-82-28-24-55(50)52)21-9-20-57(69(78)110-72(80)86-65(104)38-51-17-8-19-53-42-83-29-25-56(51)53)58(44-107-30-26-68-93-97-75(109-68)89-62(101)35-47-14-10-27-81-39-47)70-94-98-76(111-70)90-63(102)36-48-32-54(43-84-40-48)49-15-6-13-46(31-49)34-61(100)88-74-96-92-67(106-74)23-5-4-22-66-91-95-73(105-66)87-60(99)33-45-11-2-1-3-12-45/h1-3,6-8,10-19,24-25,27-29,31-32,39-43,57-58,77-78H,4-5,9,20-23,26,30,33-38,44H2,(H2,79,85,103)(H2,80,86,104)(H,87,95,99)(H,88,96,100)(H,89,97,101)(H,90,98,102). The van der Waals surface area contributed by atoms with Crippen molar-refractivity contribution in [2.45, 2.75) is 95.8 Å². The fourth-order valence-electron chi connectivity index (χ4n) is 11.8. The number of carbonyl (C=O) groups excluding carboxylic acids is 6. The minimum atomic E-state index is -0.707. The molecule has 0 bridgehead atoms. The number of anilines is 4. The molecule has 6 amide bonds. The second-order valence-electron chi connectivity index (χ2n) is 25.2. The zero-order chi connectivity index (χ0) is 77.3. The summed E-state index contributed by atoms with van der Waals surface area (Å²) in [6, 6.07) is 36.8. The topological polar surface area (TPSA) is 451 Å². The van der Waals surface area contributed by atoms with Crippen LogP contribution in [0.1, 0.15) is 93.2 Å². The first kappa shape index (κ1) is 78.5. The van der Waals surface area contributed by atoms with E-state index >= 15 is 0 Å². The fraction of sp³-hybridized carbons (Fsp3) is 0.237. The average molecular weight is 1580 g/mol. The van der Waals surface area contributed by atoms with Crippen LogP contribution in [-0.4, -0.2) is 128 Å². The van der Waals surface area contributed by atoms with Gasteiger partial charge in [-0.2, -0.15) is 11.8 Å². The summed E-state index contributed by atoms with van der Waals surface area (Å²) in [6.45, 7) is 0. The molecule has 2 unspecified atom stereocenters. The highest BCUT2D eigenvalue weighted by Crippen LogP contribution is 2.39. The first-order valence-corrected chi connectivity index (χ1v) is 39.4. The van der Waals surface area contributed by atoms with Crippen LogP contribution in [0.4, 0.5) is 22.3 Å². The normalized spacial score (nSPS) is 11.7. The van der Waals surface area contributed by atoms with Gasteiger partial charge in [0.05, 0.1) is 48.6 Å². The van der Waals surface area contributed by atoms with E-state index in [-0.39, 0.29) is 107 Å². The third-order valence-corrected chi connectivity index (χ3v) is 21.5. The van der Waals surface area contributed by atoms with Crippen molar-refractivity contribution in [2.75, 3.05) is 32.8 Å². The number of carbonyl (C=O) groups is 6. The highest BCUT2D eigenvalue weighted by molar-refractivity contribution is 8.26. The number of nitrogens with one attached hydrogen (secondary N) is 10. The van der Waals surface area contributed by atoms with Crippen molar-refractivity contribution in [3.05, 3.63) is 226 Å². The van der Waals surface area contributed by atoms with Crippen molar-refractivity contribution in [1.82, 2.24) is 71.4 Å². The van der Waals surface area contributed by atoms with Crippen LogP contribution < -0.4 is 31.9 Å². The Morgan fingerprint density at radius 3 is 1.67 bits per heavy atom. The van der Waals surface area contributed by atoms with Gasteiger partial charge >= 0.3 is 12.0 Å². The molecule has 564 valence electrons. The van der Waals surface area contributed by atoms with Gasteiger partial charge in [-0.25, -0.2) is 0 Å². The Kier molecular flexibility index (Phi) is 27.8. The number of hydrogen-bond acceptors (Lipinski definition) is 29. The van der Waals surface area contributed by atoms with E-state index in [1.165, 1.54) is 23.1 Å². The highest BCUT2D eigenvalue weighted by Gasteiger charge is 2.32. The molecule has 0 radical (unpaired) electrons. The van der Waals surface area contributed by atoms with E-state index in [0.29, 0.717) is 93.6 Å². The predicted octanol–water partition coefficient (Wildman–Crippen LogP) is 11.9. The van der Waals surface area contributed by atoms with Gasteiger partial charge in [0.1, 0.15) is 10.0 Å². The highest BCUT2D eigenvalue weighted by atomic mass is 32.2. The van der Waals surface area contributed by atoms with E-state index in [4.69, 9.17) is 25.1 Å². The quantitative estimate of drug-likeness (QED) is 0.0102. The minimum absolute atomic E-state index is 0.000926. The van der Waals surface area contributed by atoms with E-state index in [2.05, 4.69) is 92.6 Å². The second kappa shape index (κ2) is 39.4. The average Bonchev–Trinajstić information content (AvgIpc) is 1.78. The summed E-state index contributed by atoms with van der Waals surface area (Å²) in [5.41, 5.74) is 5.78. The number of fused-ring (bicyclic) bond motifs is 2. The molecular formula is C76H72N22O8S5. The lowest BCUT2D eigenvalue weighted by Gasteiger charge is -2.26. The largest absolute Gasteiger partial charge is 0.408 e. The zero-order valence-electron chi connectivity index (χ0n) is 59.3. The molecular weight excluding hydrogens is 1510 g/mol. The first-order chi connectivity index (χ1) is 54.0. The SMILES string of the molecule is N=C(CCCC(C(=N)SC(=N)NC(=O)Cc1cccc2cnccc12)C(CSCCc1nnc(NC(=O)Cc2cccnc2)s1)c1nnc(NC(=O)Cc2cncc(-c3cccc(CC(=O)Nc4nnc(CCCCc5nnc(NC(=O)Cc6ccccc6)o5)o4)c3)c2)s1)SC(=N)NC(=O)Cc1cccc2cnccc12. The maximum absolute atomic E-state index is 14.0. The van der Waals surface area contributed by atoms with Crippen molar-refractivity contribution in [3.63, 3.8) is 0 Å². The molecule has 0 spiro atoms. The summed E-state index contributed by atoms with van der Waals surface area (Å²) in [6.07, 6.45) is 16.7. The van der Waals surface area contributed by atoms with Gasteiger partial charge in [0.25, 0.3) is 0 Å². The van der Waals surface area contributed by atoms with Gasteiger partial charge < -0.3 is 30.1 Å². The van der Waals surface area contributed by atoms with Gasteiger partial charge in [-0.15, -0.1) is 30.6 Å². The molecule has 30 nitrogen and oxygen atoms in total. The van der Waals surface area contributed by atoms with Crippen molar-refractivity contribution in [1.29, 1.82) is 21.6 Å². The lowest BCUT2D eigenvalue weighted by Crippen LogP contribution is -2.32. The number of aromatic nitrogens is 12. The Hall–Kier alpha value is -12.1. The smallest absolute Gasteiger partial charge is 0.322 e. The number of thioether (sulfide) groups is 3. The van der Waals surface area contributed by atoms with Crippen LogP contribution in [0.25, 0.3) is 32.7 Å². The van der Waals surface area contributed by atoms with Crippen LogP contribution in [0, 0.1) is 27.6 Å². The van der Waals surface area contributed by atoms with Crippen LogP contribution in [0.3, 0.4) is 0 Å². The Labute approximate surface area is 655 Å². The first-order valence-electron chi connectivity index (χ1n) is 35.0. The number of amidine groups is 2. The second-order valence-corrected chi connectivity index (χ2v) is 30.6. The third kappa shape index (κ3) is 24.0. The van der Waals surface area contributed by atoms with Crippen LogP contribution in [0.5, 0.6) is 0 Å². The monoisotopic (exact) mass is 1580 g/mol. The van der Waals surface area contributed by atoms with Gasteiger partial charge in [0, 0.05) is 103 Å². The number of hydrogen-bond donors (Lipinski definition) is 10. The molecule has 12 aromatic rings. The molecule has 0 saturated heterocycles. The summed E-state index contributed by atoms with van der Waals surface area (Å²) in [4.78, 5) is 96.5.